The number of unbranched alkanes of at least 4 members (excludes halogenated alkanes) is 2. The quantitative estimate of drug-likeness (QED) is 0.0370. The minimum absolute atomic E-state index is 0.0493. The second kappa shape index (κ2) is 37.8. The van der Waals surface area contributed by atoms with E-state index >= 15 is 0 Å². The second-order valence-electron chi connectivity index (χ2n) is 23.4. The molecule has 0 spiro atoms. The number of ketones is 1. The van der Waals surface area contributed by atoms with Crippen molar-refractivity contribution in [2.75, 3.05) is 149 Å². The maximum Gasteiger partial charge on any atom is 0.317 e. The number of alkyl halides is 2. The van der Waals surface area contributed by atoms with Gasteiger partial charge in [-0.2, -0.15) is 17.0 Å². The van der Waals surface area contributed by atoms with Crippen LogP contribution in [0, 0.1) is 18.3 Å². The number of carboxylic acid groups (broad SMARTS) is 3. The molecule has 1 unspecified atom stereocenters. The van der Waals surface area contributed by atoms with Gasteiger partial charge in [0.05, 0.1) is 50.9 Å². The first-order valence-corrected chi connectivity index (χ1v) is 32.4. The minimum atomic E-state index is -3.15. The number of thioether (sulfide) groups is 1. The summed E-state index contributed by atoms with van der Waals surface area (Å²) in [6.45, 7) is 6.07. The van der Waals surface area contributed by atoms with Crippen LogP contribution >= 0.6 is 11.8 Å². The molecule has 28 heteroatoms. The monoisotopic (exact) mass is 1290 g/mol. The number of carboxylic acids is 3. The Bertz CT molecular complexity index is 2940. The van der Waals surface area contributed by atoms with Crippen LogP contribution in [0.25, 0.3) is 10.9 Å². The van der Waals surface area contributed by atoms with Crippen molar-refractivity contribution in [1.29, 1.82) is 5.26 Å². The number of aliphatic carboxylic acids is 3. The second-order valence-corrected chi connectivity index (χ2v) is 24.5. The first-order valence-electron chi connectivity index (χ1n) is 31.3. The van der Waals surface area contributed by atoms with Crippen LogP contribution in [0.3, 0.4) is 0 Å². The molecule has 2 atom stereocenters. The van der Waals surface area contributed by atoms with E-state index in [1.165, 1.54) is 23.5 Å². The van der Waals surface area contributed by atoms with E-state index in [0.717, 1.165) is 23.4 Å². The molecule has 3 saturated heterocycles. The molecule has 1 aromatic heterocycles. The number of nitriles is 1. The van der Waals surface area contributed by atoms with Crippen LogP contribution < -0.4 is 20.7 Å². The molecule has 0 saturated carbocycles. The predicted octanol–water partition coefficient (Wildman–Crippen LogP) is 2.69. The molecule has 3 aromatic rings. The van der Waals surface area contributed by atoms with Gasteiger partial charge in [-0.25, -0.2) is 8.78 Å². The Morgan fingerprint density at radius 2 is 1.30 bits per heavy atom. The van der Waals surface area contributed by atoms with E-state index in [0.29, 0.717) is 119 Å². The van der Waals surface area contributed by atoms with Crippen LogP contribution in [-0.2, 0) is 44.8 Å². The van der Waals surface area contributed by atoms with Crippen LogP contribution in [-0.4, -0.2) is 275 Å². The summed E-state index contributed by atoms with van der Waals surface area (Å²) < 4.78 is 33.9. The average Bonchev–Trinajstić information content (AvgIpc) is 1.89. The minimum Gasteiger partial charge on any atom is -0.494 e. The number of hydrogen-bond acceptors (Lipinski definition) is 18. The van der Waals surface area contributed by atoms with Crippen molar-refractivity contribution >= 4 is 75.9 Å². The number of likely N-dealkylation sites (tertiary alicyclic amines) is 1. The highest BCUT2D eigenvalue weighted by atomic mass is 32.2. The number of benzene rings is 2. The number of carbonyl (C=O) groups is 9. The lowest BCUT2D eigenvalue weighted by molar-refractivity contribution is -0.140. The lowest BCUT2D eigenvalue weighted by Gasteiger charge is -2.34. The number of nitrogens with one attached hydrogen (secondary N) is 3. The van der Waals surface area contributed by atoms with Gasteiger partial charge in [0.2, 0.25) is 29.5 Å². The van der Waals surface area contributed by atoms with Crippen molar-refractivity contribution in [2.45, 2.75) is 95.6 Å². The zero-order valence-corrected chi connectivity index (χ0v) is 52.8. The highest BCUT2D eigenvalue weighted by Gasteiger charge is 2.47. The van der Waals surface area contributed by atoms with Gasteiger partial charge in [0.25, 0.3) is 5.92 Å². The van der Waals surface area contributed by atoms with Gasteiger partial charge >= 0.3 is 17.9 Å². The molecule has 6 N–H and O–H groups in total. The van der Waals surface area contributed by atoms with Gasteiger partial charge in [0, 0.05) is 159 Å². The molecular weight excluding hydrogens is 1200 g/mol. The summed E-state index contributed by atoms with van der Waals surface area (Å²) in [5.41, 5.74) is 3.19. The van der Waals surface area contributed by atoms with E-state index in [4.69, 9.17) is 4.74 Å². The maximum atomic E-state index is 13.9. The Labute approximate surface area is 534 Å². The number of piperazine rings is 1. The number of carbonyl (C=O) groups excluding carboxylic acids is 6. The van der Waals surface area contributed by atoms with Crippen molar-refractivity contribution in [2.24, 2.45) is 0 Å². The van der Waals surface area contributed by atoms with Crippen LogP contribution in [0.5, 0.6) is 5.75 Å². The van der Waals surface area contributed by atoms with Gasteiger partial charge in [-0.05, 0) is 68.9 Å². The number of Topliss-reactive ketones (excluding diaryl/α,β-unsaturated/α-hetero) is 1. The number of aromatic nitrogens is 1. The fourth-order valence-corrected chi connectivity index (χ4v) is 12.0. The number of halogens is 2. The summed E-state index contributed by atoms with van der Waals surface area (Å²) in [5.74, 6) is -7.15. The van der Waals surface area contributed by atoms with Crippen molar-refractivity contribution in [1.82, 2.24) is 55.2 Å². The third kappa shape index (κ3) is 26.4. The number of amides is 5. The molecule has 498 valence electrons. The molecule has 4 heterocycles. The van der Waals surface area contributed by atoms with Crippen LogP contribution in [0.1, 0.15) is 85.7 Å². The molecule has 0 aliphatic carbocycles. The van der Waals surface area contributed by atoms with Crippen LogP contribution in [0.15, 0.2) is 54.7 Å². The van der Waals surface area contributed by atoms with Gasteiger partial charge in [0.1, 0.15) is 17.8 Å². The third-order valence-electron chi connectivity index (χ3n) is 16.2. The highest BCUT2D eigenvalue weighted by Crippen LogP contribution is 2.33. The standard InChI is InChI=1S/C63H88F2N12O13S/c1-46-10-12-47(13-11-46)7-5-8-55(79)68-21-36-91-44-53(70-56(80)40-72-23-25-73(41-59(83)84)27-29-75(43-61(87)88)30-28-74(26-24-72)42-60(85)86)62(89)69-19-4-2-3-9-57(81)76-33-31-71(32-34-76)22-6-35-90-49-14-15-52-51(37-49)50(18-20-67-52)54(78)16-17-58(82)77-45-63(64,65)38-48(77)39-66/h10-15,18,20,37,48,53H,2-9,16-17,19,21-36,38,40-45H2,1H3,(H,68,79)(H,69,89)(H,70,80)(H,83,84)(H,85,86)(H,87,88)/t48-,53?/m1/s1. The number of aryl methyl sites for hydroxylation is 2. The zero-order valence-electron chi connectivity index (χ0n) is 52.0. The van der Waals surface area contributed by atoms with Crippen molar-refractivity contribution in [3.63, 3.8) is 0 Å². The first kappa shape index (κ1) is 72.6. The summed E-state index contributed by atoms with van der Waals surface area (Å²) in [7, 11) is 0. The number of nitrogens with zero attached hydrogens (tertiary/aromatic N) is 9. The number of ether oxygens (including phenoxy) is 1. The van der Waals surface area contributed by atoms with Crippen LogP contribution in [0.2, 0.25) is 0 Å². The Balaban J connectivity index is 0.920. The molecule has 3 aliphatic rings. The molecule has 25 nitrogen and oxygen atoms in total. The van der Waals surface area contributed by atoms with E-state index in [9.17, 15) is 72.5 Å². The van der Waals surface area contributed by atoms with Gasteiger partial charge in [-0.3, -0.25) is 72.6 Å². The molecule has 6 rings (SSSR count). The highest BCUT2D eigenvalue weighted by molar-refractivity contribution is 7.99. The smallest absolute Gasteiger partial charge is 0.317 e. The molecule has 0 radical (unpaired) electrons. The fourth-order valence-electron chi connectivity index (χ4n) is 11.1. The lowest BCUT2D eigenvalue weighted by Crippen LogP contribution is -2.53. The van der Waals surface area contributed by atoms with Crippen LogP contribution in [0.4, 0.5) is 8.78 Å². The van der Waals surface area contributed by atoms with Gasteiger partial charge < -0.3 is 45.8 Å². The lowest BCUT2D eigenvalue weighted by atomic mass is 10.0. The molecule has 2 aromatic carbocycles. The molecular formula is C63H88F2N12O13S. The average molecular weight is 1290 g/mol. The largest absolute Gasteiger partial charge is 0.494 e. The number of hydrogen-bond donors (Lipinski definition) is 6. The van der Waals surface area contributed by atoms with Crippen molar-refractivity contribution in [3.8, 4) is 11.8 Å². The summed E-state index contributed by atoms with van der Waals surface area (Å²) in [5, 5.41) is 47.4. The number of pyridine rings is 1. The maximum absolute atomic E-state index is 13.9. The Kier molecular flexibility index (Phi) is 30.2. The predicted molar refractivity (Wildman–Crippen MR) is 336 cm³/mol. The third-order valence-corrected chi connectivity index (χ3v) is 17.2. The van der Waals surface area contributed by atoms with Crippen molar-refractivity contribution < 1.29 is 72.0 Å². The van der Waals surface area contributed by atoms with Gasteiger partial charge in [0.15, 0.2) is 5.78 Å². The molecule has 0 bridgehead atoms. The summed E-state index contributed by atoms with van der Waals surface area (Å²) in [6.07, 6.45) is 4.93. The van der Waals surface area contributed by atoms with E-state index < -0.39 is 66.6 Å². The first-order chi connectivity index (χ1) is 43.6. The van der Waals surface area contributed by atoms with Gasteiger partial charge in [-0.15, -0.1) is 0 Å². The Hall–Kier alpha value is -7.42. The molecule has 5 amide bonds. The Morgan fingerprint density at radius 1 is 0.681 bits per heavy atom. The van der Waals surface area contributed by atoms with E-state index in [2.05, 4.69) is 38.0 Å². The van der Waals surface area contributed by atoms with E-state index in [1.54, 1.807) is 49.9 Å². The number of rotatable bonds is 34. The topological polar surface area (TPSA) is 319 Å². The molecule has 3 aliphatic heterocycles. The summed E-state index contributed by atoms with van der Waals surface area (Å²) in [6, 6.07) is 14.5. The van der Waals surface area contributed by atoms with Crippen molar-refractivity contribution in [3.05, 3.63) is 71.4 Å². The zero-order chi connectivity index (χ0) is 65.7. The van der Waals surface area contributed by atoms with E-state index in [1.807, 2.05) is 24.0 Å². The fraction of sp³-hybridized carbons (Fsp3) is 0.603. The SMILES string of the molecule is Cc1ccc(CCCC(=O)NCCSCC(NC(=O)CN2CCN(CC(=O)O)CCN(CC(=O)O)CCN(CC(=O)O)CC2)C(=O)NCCCCCC(=O)N2CCN(CCCOc3ccc4nccc(C(=O)CCC(=O)N5CC(F)(F)C[C@@H]5C#N)c4c3)CC2)cc1. The van der Waals surface area contributed by atoms with Gasteiger partial charge in [-0.1, -0.05) is 36.2 Å². The summed E-state index contributed by atoms with van der Waals surface area (Å²) in [4.78, 5) is 131. The Morgan fingerprint density at radius 3 is 1.91 bits per heavy atom. The normalized spacial score (nSPS) is 17.7. The molecule has 91 heavy (non-hydrogen) atoms. The molecule has 3 fully saturated rings. The summed E-state index contributed by atoms with van der Waals surface area (Å²) >= 11 is 1.39. The number of fused-ring (bicyclic) bond motifs is 1. The van der Waals surface area contributed by atoms with E-state index in [-0.39, 0.29) is 115 Å².